The van der Waals surface area contributed by atoms with Crippen LogP contribution in [0.25, 0.3) is 0 Å². The Labute approximate surface area is 122 Å². The number of rotatable bonds is 7. The van der Waals surface area contributed by atoms with Gasteiger partial charge < -0.3 is 5.73 Å². The Morgan fingerprint density at radius 2 is 2.16 bits per heavy atom. The van der Waals surface area contributed by atoms with E-state index in [2.05, 4.69) is 24.4 Å². The molecule has 108 valence electrons. The largest absolute Gasteiger partial charge is 0.330 e. The van der Waals surface area contributed by atoms with E-state index in [9.17, 15) is 0 Å². The molecule has 2 N–H and O–H groups in total. The van der Waals surface area contributed by atoms with E-state index in [-0.39, 0.29) is 0 Å². The van der Waals surface area contributed by atoms with Crippen LogP contribution in [-0.2, 0) is 6.42 Å². The van der Waals surface area contributed by atoms with E-state index in [4.69, 9.17) is 5.73 Å². The predicted octanol–water partition coefficient (Wildman–Crippen LogP) is 5.01. The number of unbranched alkanes of at least 4 members (excludes halogenated alkanes) is 1. The van der Waals surface area contributed by atoms with Crippen molar-refractivity contribution in [3.05, 3.63) is 22.4 Å². The maximum Gasteiger partial charge on any atom is 0.00454 e. The molecule has 1 aromatic rings. The molecule has 2 rings (SSSR count). The molecule has 0 spiro atoms. The molecule has 1 fully saturated rings. The normalized spacial score (nSPS) is 27.6. The van der Waals surface area contributed by atoms with Gasteiger partial charge in [-0.1, -0.05) is 32.3 Å². The molecule has 1 aliphatic rings. The van der Waals surface area contributed by atoms with Crippen LogP contribution in [0.15, 0.2) is 17.5 Å². The second-order valence-corrected chi connectivity index (χ2v) is 7.40. The van der Waals surface area contributed by atoms with Crippen molar-refractivity contribution in [1.29, 1.82) is 0 Å². The SMILES string of the molecule is CCCCC1CCC(CN)(CCc2cccs2)CC1. The molecule has 1 nitrogen and oxygen atoms in total. The van der Waals surface area contributed by atoms with Gasteiger partial charge in [0.1, 0.15) is 0 Å². The molecular weight excluding hydrogens is 250 g/mol. The van der Waals surface area contributed by atoms with Crippen molar-refractivity contribution in [3.63, 3.8) is 0 Å². The van der Waals surface area contributed by atoms with Crippen LogP contribution in [0, 0.1) is 11.3 Å². The van der Waals surface area contributed by atoms with Crippen molar-refractivity contribution in [2.24, 2.45) is 17.1 Å². The van der Waals surface area contributed by atoms with Crippen LogP contribution >= 0.6 is 11.3 Å². The minimum atomic E-state index is 0.451. The highest BCUT2D eigenvalue weighted by atomic mass is 32.1. The molecular formula is C17H29NS. The minimum Gasteiger partial charge on any atom is -0.330 e. The van der Waals surface area contributed by atoms with Crippen LogP contribution in [0.2, 0.25) is 0 Å². The highest BCUT2D eigenvalue weighted by Gasteiger charge is 2.33. The number of hydrogen-bond donors (Lipinski definition) is 1. The zero-order valence-electron chi connectivity index (χ0n) is 12.4. The van der Waals surface area contributed by atoms with Gasteiger partial charge in [-0.2, -0.15) is 0 Å². The molecule has 0 radical (unpaired) electrons. The number of hydrogen-bond acceptors (Lipinski definition) is 2. The smallest absolute Gasteiger partial charge is 0.00454 e. The molecule has 1 aromatic heterocycles. The predicted molar refractivity (Wildman–Crippen MR) is 85.6 cm³/mol. The van der Waals surface area contributed by atoms with Gasteiger partial charge in [-0.15, -0.1) is 11.3 Å². The van der Waals surface area contributed by atoms with Crippen LogP contribution in [0.4, 0.5) is 0 Å². The van der Waals surface area contributed by atoms with E-state index in [0.29, 0.717) is 5.41 Å². The maximum absolute atomic E-state index is 6.13. The van der Waals surface area contributed by atoms with Gasteiger partial charge in [0.15, 0.2) is 0 Å². The third-order valence-corrected chi connectivity index (χ3v) is 5.98. The Bertz CT molecular complexity index is 336. The third-order valence-electron chi connectivity index (χ3n) is 5.05. The molecule has 1 aliphatic carbocycles. The van der Waals surface area contributed by atoms with Crippen molar-refractivity contribution in [2.75, 3.05) is 6.54 Å². The lowest BCUT2D eigenvalue weighted by Crippen LogP contribution is -2.35. The first kappa shape index (κ1) is 15.1. The van der Waals surface area contributed by atoms with Crippen LogP contribution in [0.1, 0.15) is 63.2 Å². The molecule has 0 bridgehead atoms. The molecule has 0 aliphatic heterocycles. The number of nitrogens with two attached hydrogens (primary N) is 1. The molecule has 2 heteroatoms. The van der Waals surface area contributed by atoms with Crippen LogP contribution in [0.5, 0.6) is 0 Å². The maximum atomic E-state index is 6.13. The summed E-state index contributed by atoms with van der Waals surface area (Å²) < 4.78 is 0. The summed E-state index contributed by atoms with van der Waals surface area (Å²) in [7, 11) is 0. The first-order valence-corrected chi connectivity index (χ1v) is 8.88. The fourth-order valence-electron chi connectivity index (χ4n) is 3.47. The molecule has 0 unspecified atom stereocenters. The molecule has 1 heterocycles. The van der Waals surface area contributed by atoms with Gasteiger partial charge in [0.05, 0.1) is 0 Å². The Morgan fingerprint density at radius 1 is 1.37 bits per heavy atom. The number of aryl methyl sites for hydroxylation is 1. The monoisotopic (exact) mass is 279 g/mol. The summed E-state index contributed by atoms with van der Waals surface area (Å²) in [6.45, 7) is 3.19. The number of thiophene rings is 1. The summed E-state index contributed by atoms with van der Waals surface area (Å²) in [5.74, 6) is 0.987. The highest BCUT2D eigenvalue weighted by molar-refractivity contribution is 7.09. The Hall–Kier alpha value is -0.340. The van der Waals surface area contributed by atoms with Gasteiger partial charge in [0.2, 0.25) is 0 Å². The Morgan fingerprint density at radius 3 is 2.74 bits per heavy atom. The average molecular weight is 279 g/mol. The highest BCUT2D eigenvalue weighted by Crippen LogP contribution is 2.43. The van der Waals surface area contributed by atoms with Gasteiger partial charge in [0.25, 0.3) is 0 Å². The van der Waals surface area contributed by atoms with Gasteiger partial charge in [-0.05, 0) is 67.8 Å². The first-order valence-electron chi connectivity index (χ1n) is 8.00. The van der Waals surface area contributed by atoms with Crippen molar-refractivity contribution in [2.45, 2.75) is 64.7 Å². The van der Waals surface area contributed by atoms with Crippen molar-refractivity contribution in [3.8, 4) is 0 Å². The molecule has 0 atom stereocenters. The zero-order chi connectivity index (χ0) is 13.6. The molecule has 19 heavy (non-hydrogen) atoms. The lowest BCUT2D eigenvalue weighted by molar-refractivity contribution is 0.139. The minimum absolute atomic E-state index is 0.451. The quantitative estimate of drug-likeness (QED) is 0.746. The van der Waals surface area contributed by atoms with E-state index < -0.39 is 0 Å². The second kappa shape index (κ2) is 7.44. The summed E-state index contributed by atoms with van der Waals surface area (Å²) >= 11 is 1.89. The zero-order valence-corrected chi connectivity index (χ0v) is 13.2. The summed E-state index contributed by atoms with van der Waals surface area (Å²) in [6.07, 6.45) is 12.3. The van der Waals surface area contributed by atoms with E-state index in [1.165, 1.54) is 62.7 Å². The fourth-order valence-corrected chi connectivity index (χ4v) is 4.18. The Balaban J connectivity index is 1.80. The molecule has 0 saturated heterocycles. The van der Waals surface area contributed by atoms with E-state index in [0.717, 1.165) is 12.5 Å². The fraction of sp³-hybridized carbons (Fsp3) is 0.765. The second-order valence-electron chi connectivity index (χ2n) is 6.37. The van der Waals surface area contributed by atoms with Crippen molar-refractivity contribution < 1.29 is 0 Å². The van der Waals surface area contributed by atoms with Crippen LogP contribution in [0.3, 0.4) is 0 Å². The van der Waals surface area contributed by atoms with Gasteiger partial charge in [-0.25, -0.2) is 0 Å². The molecule has 1 saturated carbocycles. The lowest BCUT2D eigenvalue weighted by atomic mass is 9.67. The summed E-state index contributed by atoms with van der Waals surface area (Å²) in [6, 6.07) is 4.43. The van der Waals surface area contributed by atoms with Crippen LogP contribution in [-0.4, -0.2) is 6.54 Å². The van der Waals surface area contributed by atoms with Crippen LogP contribution < -0.4 is 5.73 Å². The van der Waals surface area contributed by atoms with Gasteiger partial charge in [0, 0.05) is 4.88 Å². The standard InChI is InChI=1S/C17H29NS/c1-2-3-5-15-7-10-17(14-18,11-8-15)12-9-16-6-4-13-19-16/h4,6,13,15H,2-3,5,7-12,14,18H2,1H3. The average Bonchev–Trinajstić information content (AvgIpc) is 2.97. The van der Waals surface area contributed by atoms with Gasteiger partial charge >= 0.3 is 0 Å². The van der Waals surface area contributed by atoms with E-state index in [1.54, 1.807) is 0 Å². The first-order chi connectivity index (χ1) is 9.28. The summed E-state index contributed by atoms with van der Waals surface area (Å²) in [5.41, 5.74) is 6.58. The van der Waals surface area contributed by atoms with Crippen molar-refractivity contribution >= 4 is 11.3 Å². The topological polar surface area (TPSA) is 26.0 Å². The van der Waals surface area contributed by atoms with E-state index >= 15 is 0 Å². The lowest BCUT2D eigenvalue weighted by Gasteiger charge is -2.39. The Kier molecular flexibility index (Phi) is 5.90. The molecule has 0 amide bonds. The van der Waals surface area contributed by atoms with Gasteiger partial charge in [-0.3, -0.25) is 0 Å². The summed E-state index contributed by atoms with van der Waals surface area (Å²) in [4.78, 5) is 1.53. The summed E-state index contributed by atoms with van der Waals surface area (Å²) in [5, 5.41) is 2.19. The van der Waals surface area contributed by atoms with E-state index in [1.807, 2.05) is 11.3 Å². The third kappa shape index (κ3) is 4.32. The van der Waals surface area contributed by atoms with Crippen molar-refractivity contribution in [1.82, 2.24) is 0 Å². The molecule has 0 aromatic carbocycles.